The van der Waals surface area contributed by atoms with E-state index in [0.29, 0.717) is 34.4 Å². The van der Waals surface area contributed by atoms with E-state index in [2.05, 4.69) is 5.32 Å². The van der Waals surface area contributed by atoms with Crippen molar-refractivity contribution in [1.82, 2.24) is 0 Å². The molecule has 26 heavy (non-hydrogen) atoms. The number of nitrogens with one attached hydrogen (secondary N) is 1. The van der Waals surface area contributed by atoms with Gasteiger partial charge in [-0.15, -0.1) is 0 Å². The topological polar surface area (TPSA) is 67.9 Å². The predicted octanol–water partition coefficient (Wildman–Crippen LogP) is 3.37. The monoisotopic (exact) mass is 372 g/mol. The molecule has 2 aliphatic heterocycles. The Bertz CT molecular complexity index is 899. The van der Waals surface area contributed by atoms with Crippen molar-refractivity contribution in [2.75, 3.05) is 23.6 Å². The Balaban J connectivity index is 1.46. The molecule has 1 saturated heterocycles. The van der Waals surface area contributed by atoms with Gasteiger partial charge < -0.3 is 19.7 Å². The Morgan fingerprint density at radius 3 is 2.81 bits per heavy atom. The number of hydrogen-bond acceptors (Lipinski definition) is 4. The smallest absolute Gasteiger partial charge is 0.231 e. The molecule has 0 saturated carbocycles. The quantitative estimate of drug-likeness (QED) is 0.897. The van der Waals surface area contributed by atoms with Crippen molar-refractivity contribution in [3.05, 3.63) is 47.0 Å². The molecular formula is C19H17ClN2O4. The Labute approximate surface area is 155 Å². The van der Waals surface area contributed by atoms with Gasteiger partial charge in [-0.3, -0.25) is 9.59 Å². The molecular weight excluding hydrogens is 356 g/mol. The summed E-state index contributed by atoms with van der Waals surface area (Å²) in [6.07, 6.45) is 0.169. The minimum absolute atomic E-state index is 0.0873. The summed E-state index contributed by atoms with van der Waals surface area (Å²) in [5, 5.41) is 3.45. The van der Waals surface area contributed by atoms with Crippen LogP contribution in [0, 0.1) is 12.8 Å². The first-order chi connectivity index (χ1) is 12.5. The second kappa shape index (κ2) is 6.53. The summed E-state index contributed by atoms with van der Waals surface area (Å²) < 4.78 is 10.6. The fourth-order valence-corrected chi connectivity index (χ4v) is 3.28. The number of aryl methyl sites for hydroxylation is 1. The van der Waals surface area contributed by atoms with Crippen LogP contribution in [0.15, 0.2) is 36.4 Å². The maximum atomic E-state index is 12.6. The molecule has 7 heteroatoms. The van der Waals surface area contributed by atoms with Crippen molar-refractivity contribution in [2.45, 2.75) is 13.3 Å². The number of fused-ring (bicyclic) bond motifs is 1. The molecule has 2 aliphatic rings. The fraction of sp³-hybridized carbons (Fsp3) is 0.263. The fourth-order valence-electron chi connectivity index (χ4n) is 3.10. The highest BCUT2D eigenvalue weighted by Crippen LogP contribution is 2.35. The number of nitrogens with zero attached hydrogens (tertiary/aromatic N) is 1. The van der Waals surface area contributed by atoms with E-state index in [1.807, 2.05) is 19.1 Å². The second-order valence-electron chi connectivity index (χ2n) is 6.40. The molecule has 2 amide bonds. The number of hydrogen-bond donors (Lipinski definition) is 1. The van der Waals surface area contributed by atoms with Crippen LogP contribution in [-0.4, -0.2) is 25.2 Å². The summed E-state index contributed by atoms with van der Waals surface area (Å²) in [5.41, 5.74) is 2.27. The molecule has 0 bridgehead atoms. The Kier molecular flexibility index (Phi) is 4.20. The molecule has 2 aromatic rings. The molecule has 2 heterocycles. The summed E-state index contributed by atoms with van der Waals surface area (Å²) >= 11 is 6.15. The van der Waals surface area contributed by atoms with Gasteiger partial charge in [0.15, 0.2) is 11.5 Å². The molecule has 4 rings (SSSR count). The first kappa shape index (κ1) is 16.7. The minimum Gasteiger partial charge on any atom is -0.454 e. The summed E-state index contributed by atoms with van der Waals surface area (Å²) in [6.45, 7) is 2.41. The van der Waals surface area contributed by atoms with Crippen molar-refractivity contribution in [2.24, 2.45) is 5.92 Å². The van der Waals surface area contributed by atoms with Crippen molar-refractivity contribution >= 4 is 34.8 Å². The summed E-state index contributed by atoms with van der Waals surface area (Å²) in [6, 6.07) is 10.7. The van der Waals surface area contributed by atoms with E-state index in [9.17, 15) is 9.59 Å². The number of anilines is 2. The van der Waals surface area contributed by atoms with Crippen LogP contribution < -0.4 is 19.7 Å². The van der Waals surface area contributed by atoms with E-state index in [4.69, 9.17) is 21.1 Å². The van der Waals surface area contributed by atoms with Crippen LogP contribution in [0.3, 0.4) is 0 Å². The maximum absolute atomic E-state index is 12.6. The van der Waals surface area contributed by atoms with Crippen LogP contribution >= 0.6 is 11.6 Å². The normalized spacial score (nSPS) is 18.3. The number of carbonyl (C=O) groups is 2. The lowest BCUT2D eigenvalue weighted by atomic mass is 10.1. The third-order valence-corrected chi connectivity index (χ3v) is 5.01. The lowest BCUT2D eigenvalue weighted by molar-refractivity contribution is -0.122. The Hall–Kier alpha value is -2.73. The van der Waals surface area contributed by atoms with Crippen LogP contribution in [0.2, 0.25) is 5.02 Å². The average molecular weight is 373 g/mol. The van der Waals surface area contributed by atoms with Crippen LogP contribution in [0.5, 0.6) is 11.5 Å². The zero-order chi connectivity index (χ0) is 18.3. The minimum atomic E-state index is -0.423. The maximum Gasteiger partial charge on any atom is 0.231 e. The van der Waals surface area contributed by atoms with E-state index >= 15 is 0 Å². The number of rotatable bonds is 3. The molecule has 0 aromatic heterocycles. The number of benzene rings is 2. The van der Waals surface area contributed by atoms with Gasteiger partial charge in [0, 0.05) is 35.4 Å². The largest absolute Gasteiger partial charge is 0.454 e. The highest BCUT2D eigenvalue weighted by molar-refractivity contribution is 6.31. The molecule has 0 radical (unpaired) electrons. The molecule has 1 atom stereocenters. The molecule has 1 unspecified atom stereocenters. The molecule has 1 fully saturated rings. The Morgan fingerprint density at radius 1 is 1.19 bits per heavy atom. The van der Waals surface area contributed by atoms with E-state index in [1.165, 1.54) is 0 Å². The van der Waals surface area contributed by atoms with E-state index in [0.717, 1.165) is 5.56 Å². The van der Waals surface area contributed by atoms with Gasteiger partial charge in [-0.25, -0.2) is 0 Å². The van der Waals surface area contributed by atoms with Gasteiger partial charge in [0.25, 0.3) is 0 Å². The molecule has 0 spiro atoms. The zero-order valence-corrected chi connectivity index (χ0v) is 14.9. The number of carbonyl (C=O) groups excluding carboxylic acids is 2. The molecule has 2 aromatic carbocycles. The third kappa shape index (κ3) is 3.08. The summed E-state index contributed by atoms with van der Waals surface area (Å²) in [4.78, 5) is 26.5. The molecule has 0 aliphatic carbocycles. The summed E-state index contributed by atoms with van der Waals surface area (Å²) in [5.74, 6) is 0.546. The first-order valence-electron chi connectivity index (χ1n) is 8.28. The van der Waals surface area contributed by atoms with Crippen molar-refractivity contribution in [1.29, 1.82) is 0 Å². The third-order valence-electron chi connectivity index (χ3n) is 4.60. The van der Waals surface area contributed by atoms with Crippen LogP contribution in [0.1, 0.15) is 12.0 Å². The van der Waals surface area contributed by atoms with Gasteiger partial charge >= 0.3 is 0 Å². The van der Waals surface area contributed by atoms with E-state index in [1.54, 1.807) is 29.2 Å². The van der Waals surface area contributed by atoms with Gasteiger partial charge in [-0.05, 0) is 36.8 Å². The van der Waals surface area contributed by atoms with Gasteiger partial charge in [0.2, 0.25) is 18.6 Å². The van der Waals surface area contributed by atoms with Crippen LogP contribution in [0.25, 0.3) is 0 Å². The SMILES string of the molecule is Cc1ccc(N2CC(C(=O)Nc3ccc4c(c3)OCO4)CC2=O)cc1Cl. The van der Waals surface area contributed by atoms with E-state index in [-0.39, 0.29) is 25.0 Å². The number of amides is 2. The predicted molar refractivity (Wildman–Crippen MR) is 97.8 cm³/mol. The molecule has 1 N–H and O–H groups in total. The van der Waals surface area contributed by atoms with Gasteiger partial charge in [0.05, 0.1) is 5.92 Å². The number of halogens is 1. The van der Waals surface area contributed by atoms with Gasteiger partial charge in [0.1, 0.15) is 0 Å². The van der Waals surface area contributed by atoms with Crippen molar-refractivity contribution in [3.8, 4) is 11.5 Å². The molecule has 134 valence electrons. The number of ether oxygens (including phenoxy) is 2. The standard InChI is InChI=1S/C19H17ClN2O4/c1-11-2-4-14(8-15(11)20)22-9-12(6-18(22)23)19(24)21-13-3-5-16-17(7-13)26-10-25-16/h2-5,7-8,12H,6,9-10H2,1H3,(H,21,24). The van der Waals surface area contributed by atoms with Gasteiger partial charge in [-0.2, -0.15) is 0 Å². The van der Waals surface area contributed by atoms with Crippen LogP contribution in [0.4, 0.5) is 11.4 Å². The Morgan fingerprint density at radius 2 is 2.00 bits per heavy atom. The highest BCUT2D eigenvalue weighted by Gasteiger charge is 2.35. The van der Waals surface area contributed by atoms with Crippen LogP contribution in [-0.2, 0) is 9.59 Å². The van der Waals surface area contributed by atoms with Gasteiger partial charge in [-0.1, -0.05) is 17.7 Å². The zero-order valence-electron chi connectivity index (χ0n) is 14.1. The summed E-state index contributed by atoms with van der Waals surface area (Å²) in [7, 11) is 0. The van der Waals surface area contributed by atoms with Crippen molar-refractivity contribution in [3.63, 3.8) is 0 Å². The molecule has 6 nitrogen and oxygen atoms in total. The van der Waals surface area contributed by atoms with Crippen molar-refractivity contribution < 1.29 is 19.1 Å². The first-order valence-corrected chi connectivity index (χ1v) is 8.66. The average Bonchev–Trinajstić information content (AvgIpc) is 3.23. The van der Waals surface area contributed by atoms with E-state index < -0.39 is 5.92 Å². The highest BCUT2D eigenvalue weighted by atomic mass is 35.5. The second-order valence-corrected chi connectivity index (χ2v) is 6.80. The lowest BCUT2D eigenvalue weighted by Crippen LogP contribution is -2.28. The lowest BCUT2D eigenvalue weighted by Gasteiger charge is -2.17.